The Hall–Kier alpha value is -1.19. The molecule has 0 saturated carbocycles. The van der Waals surface area contributed by atoms with Crippen molar-refractivity contribution in [2.24, 2.45) is 0 Å². The Bertz CT molecular complexity index is 453. The molecular weight excluding hydrogens is 218 g/mol. The maximum Gasteiger partial charge on any atom is 0.253 e. The van der Waals surface area contributed by atoms with Crippen molar-refractivity contribution in [3.05, 3.63) is 41.5 Å². The topological polar surface area (TPSA) is 30.0 Å². The van der Waals surface area contributed by atoms with Crippen molar-refractivity contribution < 1.29 is 4.79 Å². The lowest BCUT2D eigenvalue weighted by Gasteiger charge is -1.97. The molecule has 0 aliphatic carbocycles. The lowest BCUT2D eigenvalue weighted by Crippen LogP contribution is -1.90. The standard InChI is InChI=1S/C10H6ClNOS/c11-10(13)8-4-7(5-12-6-8)9-2-1-3-14-9/h1-6H. The largest absolute Gasteiger partial charge is 0.276 e. The molecule has 4 heteroatoms. The van der Waals surface area contributed by atoms with Crippen molar-refractivity contribution in [2.45, 2.75) is 0 Å². The number of hydrogen-bond donors (Lipinski definition) is 0. The zero-order chi connectivity index (χ0) is 9.97. The Balaban J connectivity index is 2.46. The van der Waals surface area contributed by atoms with Gasteiger partial charge < -0.3 is 0 Å². The van der Waals surface area contributed by atoms with Crippen LogP contribution in [0.5, 0.6) is 0 Å². The van der Waals surface area contributed by atoms with Crippen LogP contribution in [-0.2, 0) is 0 Å². The van der Waals surface area contributed by atoms with Crippen molar-refractivity contribution in [1.29, 1.82) is 0 Å². The van der Waals surface area contributed by atoms with E-state index in [0.717, 1.165) is 10.4 Å². The van der Waals surface area contributed by atoms with Crippen LogP contribution in [0.3, 0.4) is 0 Å². The van der Waals surface area contributed by atoms with Crippen LogP contribution in [0.25, 0.3) is 10.4 Å². The minimum atomic E-state index is -0.476. The summed E-state index contributed by atoms with van der Waals surface area (Å²) in [5.74, 6) is 0. The number of thiophene rings is 1. The zero-order valence-corrected chi connectivity index (χ0v) is 8.68. The SMILES string of the molecule is O=C(Cl)c1cncc(-c2cccs2)c1. The lowest BCUT2D eigenvalue weighted by atomic mass is 10.2. The molecule has 2 rings (SSSR count). The summed E-state index contributed by atoms with van der Waals surface area (Å²) in [5.41, 5.74) is 1.35. The van der Waals surface area contributed by atoms with Crippen molar-refractivity contribution >= 4 is 28.2 Å². The van der Waals surface area contributed by atoms with Gasteiger partial charge in [0.15, 0.2) is 0 Å². The van der Waals surface area contributed by atoms with E-state index in [4.69, 9.17) is 11.6 Å². The average molecular weight is 224 g/mol. The highest BCUT2D eigenvalue weighted by molar-refractivity contribution is 7.13. The molecule has 2 heterocycles. The number of rotatable bonds is 2. The summed E-state index contributed by atoms with van der Waals surface area (Å²) in [4.78, 5) is 15.9. The first kappa shape index (κ1) is 9.37. The molecule has 0 saturated heterocycles. The minimum Gasteiger partial charge on any atom is -0.276 e. The highest BCUT2D eigenvalue weighted by Crippen LogP contribution is 2.24. The monoisotopic (exact) mass is 223 g/mol. The fourth-order valence-corrected chi connectivity index (χ4v) is 1.94. The van der Waals surface area contributed by atoms with E-state index >= 15 is 0 Å². The van der Waals surface area contributed by atoms with E-state index in [0.29, 0.717) is 5.56 Å². The van der Waals surface area contributed by atoms with Gasteiger partial charge in [-0.25, -0.2) is 0 Å². The molecule has 14 heavy (non-hydrogen) atoms. The Morgan fingerprint density at radius 2 is 2.29 bits per heavy atom. The highest BCUT2D eigenvalue weighted by atomic mass is 35.5. The smallest absolute Gasteiger partial charge is 0.253 e. The van der Waals surface area contributed by atoms with Crippen LogP contribution in [-0.4, -0.2) is 10.2 Å². The van der Waals surface area contributed by atoms with E-state index in [-0.39, 0.29) is 0 Å². The number of hydrogen-bond acceptors (Lipinski definition) is 3. The first-order valence-corrected chi connectivity index (χ1v) is 5.22. The number of halogens is 1. The van der Waals surface area contributed by atoms with Gasteiger partial charge in [-0.05, 0) is 29.1 Å². The summed E-state index contributed by atoms with van der Waals surface area (Å²) in [6.07, 6.45) is 3.18. The van der Waals surface area contributed by atoms with Crippen molar-refractivity contribution in [3.8, 4) is 10.4 Å². The summed E-state index contributed by atoms with van der Waals surface area (Å²) >= 11 is 6.96. The van der Waals surface area contributed by atoms with E-state index in [9.17, 15) is 4.79 Å². The van der Waals surface area contributed by atoms with Gasteiger partial charge in [0.1, 0.15) is 0 Å². The molecule has 0 bridgehead atoms. The van der Waals surface area contributed by atoms with Gasteiger partial charge in [0.25, 0.3) is 5.24 Å². The van der Waals surface area contributed by atoms with E-state index in [1.165, 1.54) is 6.20 Å². The van der Waals surface area contributed by atoms with Gasteiger partial charge in [-0.1, -0.05) is 6.07 Å². The van der Waals surface area contributed by atoms with Gasteiger partial charge in [-0.3, -0.25) is 9.78 Å². The Labute approximate surface area is 90.2 Å². The van der Waals surface area contributed by atoms with E-state index in [2.05, 4.69) is 4.98 Å². The third kappa shape index (κ3) is 1.84. The van der Waals surface area contributed by atoms with Crippen LogP contribution < -0.4 is 0 Å². The summed E-state index contributed by atoms with van der Waals surface area (Å²) in [7, 11) is 0. The molecule has 2 nitrogen and oxygen atoms in total. The predicted molar refractivity (Wildman–Crippen MR) is 57.7 cm³/mol. The fraction of sp³-hybridized carbons (Fsp3) is 0. The van der Waals surface area contributed by atoms with Gasteiger partial charge in [-0.15, -0.1) is 11.3 Å². The number of nitrogens with zero attached hydrogens (tertiary/aromatic N) is 1. The number of pyridine rings is 1. The zero-order valence-electron chi connectivity index (χ0n) is 7.11. The normalized spacial score (nSPS) is 10.1. The molecule has 70 valence electrons. The molecule has 0 spiro atoms. The van der Waals surface area contributed by atoms with Crippen LogP contribution in [0, 0.1) is 0 Å². The molecule has 0 unspecified atom stereocenters. The second kappa shape index (κ2) is 3.90. The second-order valence-electron chi connectivity index (χ2n) is 2.71. The lowest BCUT2D eigenvalue weighted by molar-refractivity contribution is 0.108. The summed E-state index contributed by atoms with van der Waals surface area (Å²) in [6.45, 7) is 0. The third-order valence-electron chi connectivity index (χ3n) is 1.77. The Kier molecular flexibility index (Phi) is 2.61. The molecule has 0 atom stereocenters. The molecule has 0 aliphatic rings. The maximum atomic E-state index is 10.9. The molecule has 0 amide bonds. The summed E-state index contributed by atoms with van der Waals surface area (Å²) < 4.78 is 0. The van der Waals surface area contributed by atoms with E-state index in [1.807, 2.05) is 17.5 Å². The third-order valence-corrected chi connectivity index (χ3v) is 2.91. The predicted octanol–water partition coefficient (Wildman–Crippen LogP) is 3.19. The maximum absolute atomic E-state index is 10.9. The fourth-order valence-electron chi connectivity index (χ4n) is 1.12. The van der Waals surface area contributed by atoms with E-state index in [1.54, 1.807) is 23.6 Å². The second-order valence-corrected chi connectivity index (χ2v) is 4.00. The van der Waals surface area contributed by atoms with E-state index < -0.39 is 5.24 Å². The van der Waals surface area contributed by atoms with Crippen LogP contribution in [0.15, 0.2) is 36.0 Å². The van der Waals surface area contributed by atoms with Gasteiger partial charge in [0, 0.05) is 22.8 Å². The van der Waals surface area contributed by atoms with Crippen molar-refractivity contribution in [3.63, 3.8) is 0 Å². The minimum absolute atomic E-state index is 0.428. The highest BCUT2D eigenvalue weighted by Gasteiger charge is 2.05. The van der Waals surface area contributed by atoms with Crippen LogP contribution in [0.1, 0.15) is 10.4 Å². The molecule has 2 aromatic heterocycles. The number of carbonyl (C=O) groups excluding carboxylic acids is 1. The van der Waals surface area contributed by atoms with Gasteiger partial charge in [0.05, 0.1) is 5.56 Å². The molecule has 0 radical (unpaired) electrons. The Morgan fingerprint density at radius 1 is 1.43 bits per heavy atom. The number of aromatic nitrogens is 1. The van der Waals surface area contributed by atoms with Gasteiger partial charge in [-0.2, -0.15) is 0 Å². The van der Waals surface area contributed by atoms with Gasteiger partial charge in [0.2, 0.25) is 0 Å². The van der Waals surface area contributed by atoms with Crippen molar-refractivity contribution in [2.75, 3.05) is 0 Å². The quantitative estimate of drug-likeness (QED) is 0.732. The molecule has 0 N–H and O–H groups in total. The van der Waals surface area contributed by atoms with Gasteiger partial charge >= 0.3 is 0 Å². The summed E-state index contributed by atoms with van der Waals surface area (Å²) in [5, 5.41) is 1.50. The Morgan fingerprint density at radius 3 is 2.93 bits per heavy atom. The van der Waals surface area contributed by atoms with Crippen LogP contribution >= 0.6 is 22.9 Å². The molecule has 2 aromatic rings. The molecule has 0 aliphatic heterocycles. The molecule has 0 aromatic carbocycles. The first-order chi connectivity index (χ1) is 6.77. The van der Waals surface area contributed by atoms with Crippen LogP contribution in [0.4, 0.5) is 0 Å². The first-order valence-electron chi connectivity index (χ1n) is 3.96. The summed E-state index contributed by atoms with van der Waals surface area (Å²) in [6, 6.07) is 5.67. The van der Waals surface area contributed by atoms with Crippen LogP contribution in [0.2, 0.25) is 0 Å². The number of carbonyl (C=O) groups is 1. The average Bonchev–Trinajstić information content (AvgIpc) is 2.71. The van der Waals surface area contributed by atoms with Crippen molar-refractivity contribution in [1.82, 2.24) is 4.98 Å². The molecule has 0 fully saturated rings. The molecular formula is C10H6ClNOS.